The molecule has 8 nitrogen and oxygen atoms in total. The van der Waals surface area contributed by atoms with Crippen molar-refractivity contribution in [1.29, 1.82) is 0 Å². The summed E-state index contributed by atoms with van der Waals surface area (Å²) >= 11 is 0. The molecule has 0 fully saturated rings. The number of unbranched alkanes of at least 4 members (excludes halogenated alkanes) is 2. The smallest absolute Gasteiger partial charge is 0.303 e. The van der Waals surface area contributed by atoms with E-state index in [2.05, 4.69) is 10.0 Å². The van der Waals surface area contributed by atoms with Crippen molar-refractivity contribution in [3.05, 3.63) is 41.5 Å². The van der Waals surface area contributed by atoms with Crippen LogP contribution in [0.3, 0.4) is 0 Å². The van der Waals surface area contributed by atoms with Crippen LogP contribution in [0.4, 0.5) is 0 Å². The number of carbonyl (C=O) groups excluding carboxylic acids is 2. The van der Waals surface area contributed by atoms with Gasteiger partial charge in [-0.1, -0.05) is 18.6 Å². The third kappa shape index (κ3) is 3.99. The Morgan fingerprint density at radius 3 is 2.52 bits per heavy atom. The summed E-state index contributed by atoms with van der Waals surface area (Å²) in [7, 11) is -3.84. The predicted octanol–water partition coefficient (Wildman–Crippen LogP) is 1.65. The first-order valence-corrected chi connectivity index (χ1v) is 9.92. The van der Waals surface area contributed by atoms with Gasteiger partial charge < -0.3 is 5.11 Å². The molecule has 1 heterocycles. The van der Waals surface area contributed by atoms with Gasteiger partial charge in [0, 0.05) is 29.5 Å². The lowest BCUT2D eigenvalue weighted by Crippen LogP contribution is -2.35. The molecular formula is C18H18N2O6S. The van der Waals surface area contributed by atoms with E-state index in [9.17, 15) is 22.8 Å². The highest BCUT2D eigenvalue weighted by Gasteiger charge is 2.27. The van der Waals surface area contributed by atoms with Crippen LogP contribution in [0.15, 0.2) is 35.2 Å². The Morgan fingerprint density at radius 1 is 1.04 bits per heavy atom. The van der Waals surface area contributed by atoms with Crippen molar-refractivity contribution in [3.8, 4) is 0 Å². The van der Waals surface area contributed by atoms with Crippen LogP contribution in [0.2, 0.25) is 0 Å². The summed E-state index contributed by atoms with van der Waals surface area (Å²) in [6, 6.07) is 7.56. The van der Waals surface area contributed by atoms with Crippen LogP contribution in [-0.2, 0) is 14.8 Å². The largest absolute Gasteiger partial charge is 0.481 e. The molecule has 0 unspecified atom stereocenters. The van der Waals surface area contributed by atoms with E-state index in [1.54, 1.807) is 18.2 Å². The number of rotatable bonds is 8. The fourth-order valence-electron chi connectivity index (χ4n) is 3.03. The van der Waals surface area contributed by atoms with Gasteiger partial charge in [-0.3, -0.25) is 19.7 Å². The highest BCUT2D eigenvalue weighted by Crippen LogP contribution is 2.29. The van der Waals surface area contributed by atoms with Crippen LogP contribution < -0.4 is 10.0 Å². The van der Waals surface area contributed by atoms with E-state index >= 15 is 0 Å². The molecular weight excluding hydrogens is 372 g/mol. The minimum absolute atomic E-state index is 0.0525. The number of sulfonamides is 1. The number of nitrogens with one attached hydrogen (secondary N) is 2. The van der Waals surface area contributed by atoms with Crippen molar-refractivity contribution in [2.75, 3.05) is 6.54 Å². The molecule has 1 aliphatic heterocycles. The lowest BCUT2D eigenvalue weighted by molar-refractivity contribution is -0.137. The molecule has 0 aromatic heterocycles. The van der Waals surface area contributed by atoms with Gasteiger partial charge in [0.05, 0.1) is 4.90 Å². The van der Waals surface area contributed by atoms with E-state index in [0.717, 1.165) is 0 Å². The molecule has 0 spiro atoms. The summed E-state index contributed by atoms with van der Waals surface area (Å²) in [6.45, 7) is 0.167. The second-order valence-corrected chi connectivity index (χ2v) is 8.03. The monoisotopic (exact) mass is 390 g/mol. The number of carboxylic acids is 1. The number of imide groups is 1. The lowest BCUT2D eigenvalue weighted by atomic mass is 9.95. The SMILES string of the molecule is O=C(O)CCCCCNS(=O)(=O)c1cc2c3c(cccc3c1)C(=O)NC2=O. The number of benzene rings is 2. The highest BCUT2D eigenvalue weighted by atomic mass is 32.2. The Hall–Kier alpha value is -2.78. The Morgan fingerprint density at radius 2 is 1.78 bits per heavy atom. The van der Waals surface area contributed by atoms with Crippen molar-refractivity contribution in [2.45, 2.75) is 30.6 Å². The van der Waals surface area contributed by atoms with Gasteiger partial charge in [0.2, 0.25) is 10.0 Å². The second kappa shape index (κ2) is 7.45. The molecule has 0 atom stereocenters. The van der Waals surface area contributed by atoms with E-state index in [1.165, 1.54) is 12.1 Å². The van der Waals surface area contributed by atoms with Crippen LogP contribution >= 0.6 is 0 Å². The van der Waals surface area contributed by atoms with Gasteiger partial charge >= 0.3 is 5.97 Å². The molecule has 3 N–H and O–H groups in total. The minimum atomic E-state index is -3.84. The maximum atomic E-state index is 12.6. The molecule has 2 aromatic rings. The van der Waals surface area contributed by atoms with Crippen LogP contribution in [0.25, 0.3) is 10.8 Å². The molecule has 9 heteroatoms. The van der Waals surface area contributed by atoms with Crippen molar-refractivity contribution in [2.24, 2.45) is 0 Å². The zero-order valence-corrected chi connectivity index (χ0v) is 15.1. The van der Waals surface area contributed by atoms with Gasteiger partial charge in [0.25, 0.3) is 11.8 Å². The Balaban J connectivity index is 1.82. The van der Waals surface area contributed by atoms with E-state index in [1.807, 2.05) is 0 Å². The van der Waals surface area contributed by atoms with Crippen molar-refractivity contribution < 1.29 is 27.9 Å². The number of carboxylic acid groups (broad SMARTS) is 1. The molecule has 2 aromatic carbocycles. The summed E-state index contributed by atoms with van der Waals surface area (Å²) in [5.74, 6) is -2.01. The summed E-state index contributed by atoms with van der Waals surface area (Å²) < 4.78 is 27.6. The fourth-order valence-corrected chi connectivity index (χ4v) is 4.16. The molecule has 0 aliphatic carbocycles. The van der Waals surface area contributed by atoms with Gasteiger partial charge in [-0.15, -0.1) is 0 Å². The summed E-state index contributed by atoms with van der Waals surface area (Å²) in [6.07, 6.45) is 1.63. The number of hydrogen-bond acceptors (Lipinski definition) is 5. The quantitative estimate of drug-likeness (QED) is 0.464. The Labute approximate surface area is 155 Å². The van der Waals surface area contributed by atoms with Crippen molar-refractivity contribution in [1.82, 2.24) is 10.0 Å². The first-order valence-electron chi connectivity index (χ1n) is 8.43. The van der Waals surface area contributed by atoms with Gasteiger partial charge in [-0.05, 0) is 36.4 Å². The van der Waals surface area contributed by atoms with Gasteiger partial charge in [0.1, 0.15) is 0 Å². The maximum Gasteiger partial charge on any atom is 0.303 e. The molecule has 27 heavy (non-hydrogen) atoms. The lowest BCUT2D eigenvalue weighted by Gasteiger charge is -2.18. The Kier molecular flexibility index (Phi) is 5.24. The summed E-state index contributed by atoms with van der Waals surface area (Å²) in [5.41, 5.74) is 0.474. The molecule has 0 saturated carbocycles. The first kappa shape index (κ1) is 19.0. The molecule has 2 amide bonds. The minimum Gasteiger partial charge on any atom is -0.481 e. The average molecular weight is 390 g/mol. The van der Waals surface area contributed by atoms with Crippen molar-refractivity contribution >= 4 is 38.6 Å². The van der Waals surface area contributed by atoms with Crippen LogP contribution in [0.1, 0.15) is 46.4 Å². The number of aliphatic carboxylic acids is 1. The predicted molar refractivity (Wildman–Crippen MR) is 97.0 cm³/mol. The maximum absolute atomic E-state index is 12.6. The normalized spacial score (nSPS) is 13.6. The van der Waals surface area contributed by atoms with Crippen LogP contribution in [0.5, 0.6) is 0 Å². The summed E-state index contributed by atoms with van der Waals surface area (Å²) in [5, 5.41) is 11.7. The summed E-state index contributed by atoms with van der Waals surface area (Å²) in [4.78, 5) is 34.5. The third-order valence-corrected chi connectivity index (χ3v) is 5.78. The molecule has 142 valence electrons. The molecule has 3 rings (SSSR count). The van der Waals surface area contributed by atoms with E-state index in [4.69, 9.17) is 5.11 Å². The van der Waals surface area contributed by atoms with E-state index < -0.39 is 27.8 Å². The van der Waals surface area contributed by atoms with Gasteiger partial charge in [-0.2, -0.15) is 0 Å². The highest BCUT2D eigenvalue weighted by molar-refractivity contribution is 7.89. The molecule has 0 bridgehead atoms. The molecule has 0 radical (unpaired) electrons. The molecule has 1 aliphatic rings. The van der Waals surface area contributed by atoms with E-state index in [-0.39, 0.29) is 23.4 Å². The van der Waals surface area contributed by atoms with Gasteiger partial charge in [0.15, 0.2) is 0 Å². The number of amides is 2. The fraction of sp³-hybridized carbons (Fsp3) is 0.278. The number of carbonyl (C=O) groups is 3. The van der Waals surface area contributed by atoms with E-state index in [0.29, 0.717) is 35.6 Å². The van der Waals surface area contributed by atoms with Gasteiger partial charge in [-0.25, -0.2) is 13.1 Å². The molecule has 0 saturated heterocycles. The van der Waals surface area contributed by atoms with Crippen molar-refractivity contribution in [3.63, 3.8) is 0 Å². The zero-order chi connectivity index (χ0) is 19.6. The zero-order valence-electron chi connectivity index (χ0n) is 14.3. The first-order chi connectivity index (χ1) is 12.8. The number of hydrogen-bond donors (Lipinski definition) is 3. The van der Waals surface area contributed by atoms with Crippen LogP contribution in [0, 0.1) is 0 Å². The average Bonchev–Trinajstić information content (AvgIpc) is 2.61. The Bertz CT molecular complexity index is 1050. The topological polar surface area (TPSA) is 130 Å². The van der Waals surface area contributed by atoms with Crippen LogP contribution in [-0.4, -0.2) is 37.9 Å². The standard InChI is InChI=1S/C18H18N2O6S/c21-15(22)7-2-1-3-8-19-27(25,26)12-9-11-5-4-6-13-16(11)14(10-12)18(24)20-17(13)23/h4-6,9-10,19H,1-3,7-8H2,(H,21,22)(H,20,23,24). The second-order valence-electron chi connectivity index (χ2n) is 6.26. The third-order valence-electron chi connectivity index (χ3n) is 4.34.